The molecule has 23 heavy (non-hydrogen) atoms. The van der Waals surface area contributed by atoms with Crippen LogP contribution in [0.4, 0.5) is 0 Å². The SMILES string of the molecule is c1ccc(C(c2ncccn2)c2cccc3ccccc23)cc1. The molecule has 110 valence electrons. The van der Waals surface area contributed by atoms with Crippen molar-refractivity contribution < 1.29 is 0 Å². The molecular formula is C21H16N2. The molecule has 0 saturated heterocycles. The normalized spacial score (nSPS) is 12.2. The minimum absolute atomic E-state index is 0.0310. The van der Waals surface area contributed by atoms with Gasteiger partial charge in [0.25, 0.3) is 0 Å². The third kappa shape index (κ3) is 2.59. The molecule has 2 heteroatoms. The van der Waals surface area contributed by atoms with Crippen LogP contribution in [0.15, 0.2) is 91.3 Å². The maximum absolute atomic E-state index is 4.53. The van der Waals surface area contributed by atoms with Gasteiger partial charge >= 0.3 is 0 Å². The van der Waals surface area contributed by atoms with E-state index in [1.54, 1.807) is 0 Å². The van der Waals surface area contributed by atoms with E-state index in [1.807, 2.05) is 24.5 Å². The van der Waals surface area contributed by atoms with Crippen LogP contribution < -0.4 is 0 Å². The summed E-state index contributed by atoms with van der Waals surface area (Å²) >= 11 is 0. The number of nitrogens with zero attached hydrogens (tertiary/aromatic N) is 2. The van der Waals surface area contributed by atoms with Gasteiger partial charge in [0.1, 0.15) is 5.82 Å². The van der Waals surface area contributed by atoms with E-state index in [4.69, 9.17) is 0 Å². The van der Waals surface area contributed by atoms with Crippen LogP contribution in [-0.4, -0.2) is 9.97 Å². The van der Waals surface area contributed by atoms with Gasteiger partial charge in [-0.1, -0.05) is 72.8 Å². The molecule has 0 amide bonds. The molecule has 4 rings (SSSR count). The zero-order valence-electron chi connectivity index (χ0n) is 12.6. The lowest BCUT2D eigenvalue weighted by Gasteiger charge is -2.18. The average Bonchev–Trinajstić information content (AvgIpc) is 2.64. The van der Waals surface area contributed by atoms with E-state index in [-0.39, 0.29) is 5.92 Å². The Morgan fingerprint density at radius 3 is 2.13 bits per heavy atom. The van der Waals surface area contributed by atoms with Crippen molar-refractivity contribution in [1.82, 2.24) is 9.97 Å². The van der Waals surface area contributed by atoms with Crippen molar-refractivity contribution in [2.24, 2.45) is 0 Å². The predicted molar refractivity (Wildman–Crippen MR) is 93.4 cm³/mol. The highest BCUT2D eigenvalue weighted by Gasteiger charge is 2.20. The van der Waals surface area contributed by atoms with Gasteiger partial charge in [-0.3, -0.25) is 0 Å². The molecular weight excluding hydrogens is 280 g/mol. The highest BCUT2D eigenvalue weighted by Crippen LogP contribution is 2.34. The van der Waals surface area contributed by atoms with Crippen molar-refractivity contribution in [2.45, 2.75) is 5.92 Å². The molecule has 0 fully saturated rings. The second-order valence-electron chi connectivity index (χ2n) is 5.52. The number of aromatic nitrogens is 2. The van der Waals surface area contributed by atoms with E-state index in [1.165, 1.54) is 21.9 Å². The lowest BCUT2D eigenvalue weighted by molar-refractivity contribution is 0.860. The van der Waals surface area contributed by atoms with Gasteiger partial charge in [0.2, 0.25) is 0 Å². The number of hydrogen-bond acceptors (Lipinski definition) is 2. The molecule has 1 unspecified atom stereocenters. The molecule has 0 aliphatic rings. The van der Waals surface area contributed by atoms with Crippen LogP contribution in [0.5, 0.6) is 0 Å². The van der Waals surface area contributed by atoms with E-state index in [9.17, 15) is 0 Å². The van der Waals surface area contributed by atoms with Gasteiger partial charge in [0, 0.05) is 12.4 Å². The van der Waals surface area contributed by atoms with Crippen LogP contribution in [0.1, 0.15) is 22.9 Å². The minimum Gasteiger partial charge on any atom is -0.240 e. The van der Waals surface area contributed by atoms with Gasteiger partial charge in [-0.15, -0.1) is 0 Å². The zero-order chi connectivity index (χ0) is 15.5. The Kier molecular flexibility index (Phi) is 3.57. The van der Waals surface area contributed by atoms with Crippen LogP contribution in [0.3, 0.4) is 0 Å². The van der Waals surface area contributed by atoms with Gasteiger partial charge in [-0.05, 0) is 28.0 Å². The van der Waals surface area contributed by atoms with Gasteiger partial charge in [-0.2, -0.15) is 0 Å². The van der Waals surface area contributed by atoms with Crippen molar-refractivity contribution in [3.63, 3.8) is 0 Å². The van der Waals surface area contributed by atoms with E-state index in [0.717, 1.165) is 5.82 Å². The Balaban J connectivity index is 1.98. The predicted octanol–water partition coefficient (Wildman–Crippen LogP) is 4.81. The van der Waals surface area contributed by atoms with E-state index in [2.05, 4.69) is 76.7 Å². The molecule has 0 aliphatic carbocycles. The lowest BCUT2D eigenvalue weighted by atomic mass is 9.87. The summed E-state index contributed by atoms with van der Waals surface area (Å²) in [6.45, 7) is 0. The van der Waals surface area contributed by atoms with E-state index >= 15 is 0 Å². The highest BCUT2D eigenvalue weighted by molar-refractivity contribution is 5.86. The Morgan fingerprint density at radius 2 is 1.30 bits per heavy atom. The maximum atomic E-state index is 4.53. The Bertz CT molecular complexity index is 873. The van der Waals surface area contributed by atoms with E-state index < -0.39 is 0 Å². The fourth-order valence-electron chi connectivity index (χ4n) is 3.08. The fourth-order valence-corrected chi connectivity index (χ4v) is 3.08. The molecule has 0 saturated carbocycles. The summed E-state index contributed by atoms with van der Waals surface area (Å²) in [5.41, 5.74) is 2.44. The molecule has 0 aliphatic heterocycles. The first-order chi connectivity index (χ1) is 11.4. The topological polar surface area (TPSA) is 25.8 Å². The second-order valence-corrected chi connectivity index (χ2v) is 5.52. The van der Waals surface area contributed by atoms with Crippen LogP contribution in [0, 0.1) is 0 Å². The van der Waals surface area contributed by atoms with E-state index in [0.29, 0.717) is 0 Å². The monoisotopic (exact) mass is 296 g/mol. The number of hydrogen-bond donors (Lipinski definition) is 0. The summed E-state index contributed by atoms with van der Waals surface area (Å²) in [5.74, 6) is 0.860. The van der Waals surface area contributed by atoms with Crippen LogP contribution >= 0.6 is 0 Å². The summed E-state index contributed by atoms with van der Waals surface area (Å²) in [7, 11) is 0. The van der Waals surface area contributed by atoms with Crippen molar-refractivity contribution in [3.8, 4) is 0 Å². The first-order valence-corrected chi connectivity index (χ1v) is 7.73. The number of fused-ring (bicyclic) bond motifs is 1. The molecule has 4 aromatic rings. The number of benzene rings is 3. The Hall–Kier alpha value is -3.00. The van der Waals surface area contributed by atoms with Crippen LogP contribution in [0.25, 0.3) is 10.8 Å². The summed E-state index contributed by atoms with van der Waals surface area (Å²) < 4.78 is 0. The van der Waals surface area contributed by atoms with Gasteiger partial charge in [0.05, 0.1) is 5.92 Å². The number of rotatable bonds is 3. The standard InChI is InChI=1S/C21H16N2/c1-2-9-17(10-3-1)20(21-22-14-7-15-23-21)19-13-6-11-16-8-4-5-12-18(16)19/h1-15,20H. The van der Waals surface area contributed by atoms with Crippen LogP contribution in [0.2, 0.25) is 0 Å². The van der Waals surface area contributed by atoms with Gasteiger partial charge in [0.15, 0.2) is 0 Å². The van der Waals surface area contributed by atoms with Gasteiger partial charge in [-0.25, -0.2) is 9.97 Å². The summed E-state index contributed by atoms with van der Waals surface area (Å²) in [5, 5.41) is 2.48. The molecule has 0 spiro atoms. The van der Waals surface area contributed by atoms with Crippen molar-refractivity contribution >= 4 is 10.8 Å². The van der Waals surface area contributed by atoms with Crippen LogP contribution in [-0.2, 0) is 0 Å². The summed E-state index contributed by atoms with van der Waals surface area (Å²) in [6.07, 6.45) is 3.62. The smallest absolute Gasteiger partial charge is 0.140 e. The minimum atomic E-state index is 0.0310. The van der Waals surface area contributed by atoms with Gasteiger partial charge < -0.3 is 0 Å². The second kappa shape index (κ2) is 6.01. The maximum Gasteiger partial charge on any atom is 0.140 e. The third-order valence-corrected chi connectivity index (χ3v) is 4.11. The molecule has 2 nitrogen and oxygen atoms in total. The highest BCUT2D eigenvalue weighted by atomic mass is 14.9. The summed E-state index contributed by atoms with van der Waals surface area (Å²) in [4.78, 5) is 9.06. The molecule has 0 radical (unpaired) electrons. The van der Waals surface area contributed by atoms with Crippen molar-refractivity contribution in [2.75, 3.05) is 0 Å². The first kappa shape index (κ1) is 13.6. The average molecular weight is 296 g/mol. The third-order valence-electron chi connectivity index (χ3n) is 4.11. The quantitative estimate of drug-likeness (QED) is 0.542. The zero-order valence-corrected chi connectivity index (χ0v) is 12.6. The van der Waals surface area contributed by atoms with Crippen molar-refractivity contribution in [1.29, 1.82) is 0 Å². The molecule has 0 bridgehead atoms. The summed E-state index contributed by atoms with van der Waals surface area (Å²) in [6, 6.07) is 27.2. The Labute approximate surface area is 135 Å². The molecule has 1 aromatic heterocycles. The lowest BCUT2D eigenvalue weighted by Crippen LogP contribution is -2.08. The first-order valence-electron chi connectivity index (χ1n) is 7.73. The molecule has 0 N–H and O–H groups in total. The Morgan fingerprint density at radius 1 is 0.609 bits per heavy atom. The molecule has 1 heterocycles. The fraction of sp³-hybridized carbons (Fsp3) is 0.0476. The molecule has 3 aromatic carbocycles. The van der Waals surface area contributed by atoms with Crippen molar-refractivity contribution in [3.05, 3.63) is 108 Å². The largest absolute Gasteiger partial charge is 0.240 e. The molecule has 1 atom stereocenters.